The van der Waals surface area contributed by atoms with Crippen molar-refractivity contribution in [2.24, 2.45) is 0 Å². The maximum Gasteiger partial charge on any atom is 0.251 e. The summed E-state index contributed by atoms with van der Waals surface area (Å²) >= 11 is 0. The topological polar surface area (TPSA) is 57.5 Å². The summed E-state index contributed by atoms with van der Waals surface area (Å²) in [5.74, 6) is -1.49. The summed E-state index contributed by atoms with van der Waals surface area (Å²) in [4.78, 5) is 18.8. The van der Waals surface area contributed by atoms with Crippen molar-refractivity contribution >= 4 is 17.5 Å². The van der Waals surface area contributed by atoms with E-state index in [4.69, 9.17) is 0 Å². The highest BCUT2D eigenvalue weighted by atomic mass is 19.3. The zero-order valence-corrected chi connectivity index (χ0v) is 16.6. The van der Waals surface area contributed by atoms with Crippen LogP contribution >= 0.6 is 0 Å². The Hall–Kier alpha value is -2.71. The monoisotopic (exact) mass is 404 g/mol. The summed E-state index contributed by atoms with van der Waals surface area (Å²) in [5, 5.41) is 8.23. The lowest BCUT2D eigenvalue weighted by Crippen LogP contribution is -2.50. The van der Waals surface area contributed by atoms with Gasteiger partial charge in [0.15, 0.2) is 0 Å². The van der Waals surface area contributed by atoms with Gasteiger partial charge in [0.05, 0.1) is 0 Å². The third-order valence-electron chi connectivity index (χ3n) is 5.74. The molecule has 0 radical (unpaired) electrons. The molecule has 4 rings (SSSR count). The second-order valence-electron chi connectivity index (χ2n) is 7.68. The van der Waals surface area contributed by atoms with Crippen molar-refractivity contribution in [2.45, 2.75) is 32.2 Å². The number of hydrogen-bond acceptors (Lipinski definition) is 5. The molecular weight excluding hydrogens is 378 g/mol. The van der Waals surface area contributed by atoms with Gasteiger partial charge in [-0.25, -0.2) is 8.78 Å². The normalized spacial score (nSPS) is 19.5. The van der Waals surface area contributed by atoms with Crippen LogP contribution in [0.3, 0.4) is 0 Å². The maximum absolute atomic E-state index is 13.5. The summed E-state index contributed by atoms with van der Waals surface area (Å²) in [6.45, 7) is 5.22. The Bertz CT molecular complexity index is 838. The van der Waals surface area contributed by atoms with Crippen molar-refractivity contribution in [3.8, 4) is 0 Å². The molecule has 0 spiro atoms. The van der Waals surface area contributed by atoms with Gasteiger partial charge in [0.25, 0.3) is 5.92 Å². The van der Waals surface area contributed by atoms with Crippen molar-refractivity contribution < 1.29 is 13.6 Å². The molecule has 0 saturated carbocycles. The molecule has 2 aliphatic heterocycles. The Morgan fingerprint density at radius 3 is 2.28 bits per heavy atom. The molecule has 156 valence electrons. The van der Waals surface area contributed by atoms with Gasteiger partial charge in [-0.2, -0.15) is 0 Å². The van der Waals surface area contributed by atoms with Crippen LogP contribution < -0.4 is 9.80 Å². The molecule has 0 atom stereocenters. The smallest absolute Gasteiger partial charge is 0.251 e. The Balaban J connectivity index is 1.38. The average Bonchev–Trinajstić information content (AvgIpc) is 3.09. The molecular formula is C20H26F2N6O. The number of benzene rings is 1. The first-order chi connectivity index (χ1) is 13.9. The number of anilines is 2. The molecule has 0 bridgehead atoms. The highest BCUT2D eigenvalue weighted by Crippen LogP contribution is 2.30. The molecule has 2 aromatic rings. The van der Waals surface area contributed by atoms with E-state index in [1.807, 2.05) is 23.1 Å². The maximum atomic E-state index is 13.5. The number of amides is 1. The third-order valence-corrected chi connectivity index (χ3v) is 5.74. The van der Waals surface area contributed by atoms with Crippen LogP contribution in [0.1, 0.15) is 18.7 Å². The van der Waals surface area contributed by atoms with Gasteiger partial charge in [0, 0.05) is 57.8 Å². The molecule has 2 saturated heterocycles. The fourth-order valence-corrected chi connectivity index (χ4v) is 3.91. The van der Waals surface area contributed by atoms with Gasteiger partial charge in [0.2, 0.25) is 11.9 Å². The number of rotatable bonds is 4. The number of piperidine rings is 1. The predicted molar refractivity (Wildman–Crippen MR) is 106 cm³/mol. The molecule has 0 unspecified atom stereocenters. The van der Waals surface area contributed by atoms with E-state index in [-0.39, 0.29) is 38.4 Å². The largest absolute Gasteiger partial charge is 0.368 e. The van der Waals surface area contributed by atoms with E-state index in [1.165, 1.54) is 5.69 Å². The van der Waals surface area contributed by atoms with Gasteiger partial charge < -0.3 is 14.7 Å². The van der Waals surface area contributed by atoms with E-state index >= 15 is 0 Å². The van der Waals surface area contributed by atoms with Crippen molar-refractivity contribution in [1.82, 2.24) is 19.7 Å². The molecule has 2 fully saturated rings. The standard InChI is InChI=1S/C20H26F2N6O/c1-16-23-24-19(27-9-7-20(21,22)8-10-27)28(16)15-18(29)26-13-11-25(12-14-26)17-5-3-2-4-6-17/h2-6H,7-15H2,1H3. The molecule has 7 nitrogen and oxygen atoms in total. The van der Waals surface area contributed by atoms with Gasteiger partial charge in [-0.05, 0) is 19.1 Å². The predicted octanol–water partition coefficient (Wildman–Crippen LogP) is 2.17. The quantitative estimate of drug-likeness (QED) is 0.782. The molecule has 9 heteroatoms. The van der Waals surface area contributed by atoms with Gasteiger partial charge in [-0.3, -0.25) is 9.36 Å². The molecule has 1 aromatic carbocycles. The first-order valence-corrected chi connectivity index (χ1v) is 10.0. The molecule has 3 heterocycles. The van der Waals surface area contributed by atoms with Gasteiger partial charge >= 0.3 is 0 Å². The van der Waals surface area contributed by atoms with Crippen LogP contribution in [-0.2, 0) is 11.3 Å². The van der Waals surface area contributed by atoms with Gasteiger partial charge in [-0.15, -0.1) is 10.2 Å². The number of halogens is 2. The average molecular weight is 404 g/mol. The summed E-state index contributed by atoms with van der Waals surface area (Å²) in [6, 6.07) is 10.2. The van der Waals surface area contributed by atoms with Crippen LogP contribution in [-0.4, -0.2) is 70.8 Å². The summed E-state index contributed by atoms with van der Waals surface area (Å²) in [5.41, 5.74) is 1.17. The number of aryl methyl sites for hydroxylation is 1. The molecule has 0 N–H and O–H groups in total. The van der Waals surface area contributed by atoms with Crippen LogP contribution in [0.25, 0.3) is 0 Å². The number of aromatic nitrogens is 3. The van der Waals surface area contributed by atoms with Crippen molar-refractivity contribution in [3.05, 3.63) is 36.2 Å². The second kappa shape index (κ2) is 7.96. The minimum absolute atomic E-state index is 0.00389. The van der Waals surface area contributed by atoms with E-state index in [2.05, 4.69) is 27.2 Å². The molecule has 0 aliphatic carbocycles. The lowest BCUT2D eigenvalue weighted by molar-refractivity contribution is -0.132. The van der Waals surface area contributed by atoms with Crippen LogP contribution in [0.5, 0.6) is 0 Å². The zero-order chi connectivity index (χ0) is 20.4. The lowest BCUT2D eigenvalue weighted by atomic mass is 10.1. The Morgan fingerprint density at radius 1 is 0.966 bits per heavy atom. The van der Waals surface area contributed by atoms with E-state index in [0.717, 1.165) is 13.1 Å². The fraction of sp³-hybridized carbons (Fsp3) is 0.550. The van der Waals surface area contributed by atoms with Crippen LogP contribution in [0.2, 0.25) is 0 Å². The Kier molecular flexibility index (Phi) is 5.38. The van der Waals surface area contributed by atoms with E-state index < -0.39 is 5.92 Å². The minimum atomic E-state index is -2.62. The van der Waals surface area contributed by atoms with E-state index in [1.54, 1.807) is 16.4 Å². The molecule has 2 aliphatic rings. The number of para-hydroxylation sites is 1. The van der Waals surface area contributed by atoms with Crippen molar-refractivity contribution in [2.75, 3.05) is 49.1 Å². The van der Waals surface area contributed by atoms with Crippen LogP contribution in [0.15, 0.2) is 30.3 Å². The van der Waals surface area contributed by atoms with E-state index in [9.17, 15) is 13.6 Å². The van der Waals surface area contributed by atoms with Gasteiger partial charge in [-0.1, -0.05) is 18.2 Å². The number of piperazine rings is 1. The number of carbonyl (C=O) groups is 1. The number of hydrogen-bond donors (Lipinski definition) is 0. The SMILES string of the molecule is Cc1nnc(N2CCC(F)(F)CC2)n1CC(=O)N1CCN(c2ccccc2)CC1. The first kappa shape index (κ1) is 19.6. The summed E-state index contributed by atoms with van der Waals surface area (Å²) < 4.78 is 28.7. The molecule has 1 amide bonds. The molecule has 29 heavy (non-hydrogen) atoms. The number of alkyl halides is 2. The van der Waals surface area contributed by atoms with Crippen LogP contribution in [0.4, 0.5) is 20.4 Å². The first-order valence-electron chi connectivity index (χ1n) is 10.0. The zero-order valence-electron chi connectivity index (χ0n) is 16.6. The highest BCUT2D eigenvalue weighted by Gasteiger charge is 2.35. The second-order valence-corrected chi connectivity index (χ2v) is 7.68. The van der Waals surface area contributed by atoms with Crippen molar-refractivity contribution in [1.29, 1.82) is 0 Å². The number of nitrogens with zero attached hydrogens (tertiary/aromatic N) is 6. The van der Waals surface area contributed by atoms with Crippen LogP contribution in [0, 0.1) is 6.92 Å². The highest BCUT2D eigenvalue weighted by molar-refractivity contribution is 5.77. The minimum Gasteiger partial charge on any atom is -0.368 e. The Labute approximate surface area is 168 Å². The summed E-state index contributed by atoms with van der Waals surface area (Å²) in [7, 11) is 0. The van der Waals surface area contributed by atoms with Gasteiger partial charge in [0.1, 0.15) is 12.4 Å². The number of carbonyl (C=O) groups excluding carboxylic acids is 1. The fourth-order valence-electron chi connectivity index (χ4n) is 3.91. The van der Waals surface area contributed by atoms with E-state index in [0.29, 0.717) is 24.9 Å². The molecule has 1 aromatic heterocycles. The third kappa shape index (κ3) is 4.33. The lowest BCUT2D eigenvalue weighted by Gasteiger charge is -2.36. The summed E-state index contributed by atoms with van der Waals surface area (Å²) in [6.07, 6.45) is -0.400. The Morgan fingerprint density at radius 2 is 1.62 bits per heavy atom. The van der Waals surface area contributed by atoms with Crippen molar-refractivity contribution in [3.63, 3.8) is 0 Å².